The summed E-state index contributed by atoms with van der Waals surface area (Å²) in [5.74, 6) is -3.61. The Kier molecular flexibility index (Phi) is 8.32. The molecule has 0 bridgehead atoms. The smallest absolute Gasteiger partial charge is 0.449 e. The van der Waals surface area contributed by atoms with Gasteiger partial charge in [-0.3, -0.25) is 0 Å². The summed E-state index contributed by atoms with van der Waals surface area (Å²) in [4.78, 5) is 12.1. The van der Waals surface area contributed by atoms with Crippen molar-refractivity contribution in [2.45, 2.75) is 87.0 Å². The Morgan fingerprint density at radius 3 is 0.886 bits per heavy atom. The van der Waals surface area contributed by atoms with E-state index in [2.05, 4.69) is 0 Å². The molecule has 0 unspecified atom stereocenters. The summed E-state index contributed by atoms with van der Waals surface area (Å²) in [6.45, 7) is 3.61. The van der Waals surface area contributed by atoms with E-state index in [1.54, 1.807) is 0 Å². The van der Waals surface area contributed by atoms with Crippen LogP contribution in [0.5, 0.6) is 0 Å². The first-order valence-electron chi connectivity index (χ1n) is 9.08. The fraction of sp³-hybridized carbons (Fsp3) is 0.938. The minimum absolute atomic E-state index is 0.601. The molecule has 0 aromatic carbocycles. The van der Waals surface area contributed by atoms with E-state index in [1.165, 1.54) is 0 Å². The molecule has 0 aliphatic heterocycles. The molecule has 35 heavy (non-hydrogen) atoms. The Morgan fingerprint density at radius 1 is 0.571 bits per heavy atom. The topological polar surface area (TPSA) is 40.1 Å². The molecule has 0 aliphatic carbocycles. The molecule has 0 spiro atoms. The predicted molar refractivity (Wildman–Crippen MR) is 95.4 cm³/mol. The van der Waals surface area contributed by atoms with Crippen LogP contribution in [0.15, 0.2) is 0 Å². The highest BCUT2D eigenvalue weighted by molar-refractivity contribution is 7.94. The molecule has 0 radical (unpaired) electrons. The van der Waals surface area contributed by atoms with Gasteiger partial charge < -0.3 is 9.90 Å². The molecule has 19 heteroatoms. The van der Waals surface area contributed by atoms with Gasteiger partial charge in [-0.05, 0) is 41.5 Å². The molecular formula is C16H20F15O2PSi. The highest BCUT2D eigenvalue weighted by Crippen LogP contribution is 2.80. The maximum absolute atomic E-state index is 14.7. The van der Waals surface area contributed by atoms with Crippen LogP contribution in [0.25, 0.3) is 0 Å². The average Bonchev–Trinajstić information content (AvgIpc) is 2.48. The van der Waals surface area contributed by atoms with Crippen molar-refractivity contribution >= 4 is 21.0 Å². The summed E-state index contributed by atoms with van der Waals surface area (Å²) in [5.41, 5.74) is -26.9. The molecule has 0 aromatic rings. The van der Waals surface area contributed by atoms with Crippen LogP contribution >= 0.6 is 7.26 Å². The maximum atomic E-state index is 14.7. The van der Waals surface area contributed by atoms with Gasteiger partial charge in [-0.2, -0.15) is 39.5 Å². The molecule has 0 saturated heterocycles. The normalized spacial score (nSPS) is 16.5. The van der Waals surface area contributed by atoms with Gasteiger partial charge in [0.2, 0.25) is 5.71 Å². The fourth-order valence-corrected chi connectivity index (χ4v) is 19.3. The van der Waals surface area contributed by atoms with E-state index in [0.717, 1.165) is 0 Å². The van der Waals surface area contributed by atoms with Gasteiger partial charge in [0.05, 0.1) is 23.4 Å². The molecule has 210 valence electrons. The number of alkyl halides is 15. The van der Waals surface area contributed by atoms with E-state index in [0.29, 0.717) is 41.5 Å². The predicted octanol–water partition coefficient (Wildman–Crippen LogP) is 7.14. The molecule has 0 amide bonds. The summed E-state index contributed by atoms with van der Waals surface area (Å²) >= 11 is 0. The van der Waals surface area contributed by atoms with Gasteiger partial charge in [0.15, 0.2) is 0 Å². The van der Waals surface area contributed by atoms with Crippen molar-refractivity contribution in [3.05, 3.63) is 0 Å². The van der Waals surface area contributed by atoms with Crippen molar-refractivity contribution in [2.75, 3.05) is 5.79 Å². The zero-order valence-electron chi connectivity index (χ0n) is 18.6. The van der Waals surface area contributed by atoms with E-state index in [-0.39, 0.29) is 0 Å². The third kappa shape index (κ3) is 4.63. The lowest BCUT2D eigenvalue weighted by molar-refractivity contribution is -0.304. The first-order valence-corrected chi connectivity index (χ1v) is 13.3. The van der Waals surface area contributed by atoms with Crippen LogP contribution in [-0.4, -0.2) is 65.0 Å². The van der Waals surface area contributed by atoms with Crippen molar-refractivity contribution < 1.29 is 75.8 Å². The minimum Gasteiger partial charge on any atom is -0.514 e. The first kappa shape index (κ1) is 34.1. The number of hydrogen-bond acceptors (Lipinski definition) is 2. The van der Waals surface area contributed by atoms with Crippen LogP contribution < -0.4 is 5.11 Å². The van der Waals surface area contributed by atoms with Gasteiger partial charge >= 0.3 is 43.2 Å². The number of carbonyl (C=O) groups excluding carboxylic acids is 1. The van der Waals surface area contributed by atoms with Crippen LogP contribution in [0.3, 0.4) is 0 Å². The summed E-state index contributed by atoms with van der Waals surface area (Å²) in [6, 6.07) is 0. The lowest BCUT2D eigenvalue weighted by Gasteiger charge is -2.54. The van der Waals surface area contributed by atoms with E-state index in [9.17, 15) is 75.8 Å². The maximum Gasteiger partial charge on any atom is 0.449 e. The van der Waals surface area contributed by atoms with Crippen molar-refractivity contribution in [3.63, 3.8) is 0 Å². The van der Waals surface area contributed by atoms with E-state index < -0.39 is 72.3 Å². The standard InChI is InChI=1S/C16H20F15O2PSi/c1-9(2,3)34(8(32)33,10(4,5)6)7-35(14(26,27)11(17,18)19,15(28,29)12(20,21)22)16(30,31)13(23,24)25/h7H2,1-6H3. The van der Waals surface area contributed by atoms with Crippen LogP contribution in [0.4, 0.5) is 70.7 Å². The van der Waals surface area contributed by atoms with E-state index in [4.69, 9.17) is 0 Å². The largest absolute Gasteiger partial charge is 0.514 e. The first-order chi connectivity index (χ1) is 14.7. The number of carbonyl (C=O) groups is 1. The van der Waals surface area contributed by atoms with Gasteiger partial charge in [-0.1, -0.05) is 0 Å². The van der Waals surface area contributed by atoms with Gasteiger partial charge in [-0.15, -0.1) is 0 Å². The summed E-state index contributed by atoms with van der Waals surface area (Å²) in [5, 5.41) is 7.17. The number of carboxylic acid groups (broad SMARTS) is 1. The molecule has 0 heterocycles. The molecule has 0 fully saturated rings. The van der Waals surface area contributed by atoms with Crippen LogP contribution in [0.2, 0.25) is 0 Å². The highest BCUT2D eigenvalue weighted by atomic mass is 31.2. The monoisotopic (exact) mass is 588 g/mol. The van der Waals surface area contributed by atoms with E-state index in [1.807, 2.05) is 0 Å². The molecule has 0 saturated carbocycles. The summed E-state index contributed by atoms with van der Waals surface area (Å²) < 4.78 is 207. The Bertz CT molecular complexity index is 722. The Balaban J connectivity index is 8.65. The van der Waals surface area contributed by atoms with Gasteiger partial charge in [0.25, 0.3) is 0 Å². The van der Waals surface area contributed by atoms with E-state index >= 15 is 0 Å². The molecule has 2 nitrogen and oxygen atoms in total. The zero-order valence-corrected chi connectivity index (χ0v) is 20.5. The number of halogens is 15. The van der Waals surface area contributed by atoms with Crippen LogP contribution in [0.1, 0.15) is 41.5 Å². The second-order valence-electron chi connectivity index (χ2n) is 9.70. The molecule has 0 atom stereocenters. The second kappa shape index (κ2) is 8.55. The molecule has 0 N–H and O–H groups in total. The quantitative estimate of drug-likeness (QED) is 0.188. The van der Waals surface area contributed by atoms with Gasteiger partial charge in [0, 0.05) is 0 Å². The van der Waals surface area contributed by atoms with Crippen LogP contribution in [-0.2, 0) is 0 Å². The van der Waals surface area contributed by atoms with Gasteiger partial charge in [-0.25, -0.2) is 26.3 Å². The van der Waals surface area contributed by atoms with Crippen LogP contribution in [0, 0.1) is 0 Å². The Labute approximate surface area is 190 Å². The molecular weight excluding hydrogens is 568 g/mol. The zero-order chi connectivity index (χ0) is 29.3. The highest BCUT2D eigenvalue weighted by Gasteiger charge is 3.00. The fourth-order valence-electron chi connectivity index (χ4n) is 4.06. The second-order valence-corrected chi connectivity index (χ2v) is 19.3. The molecule has 0 rings (SSSR count). The number of hydrogen-bond donors (Lipinski definition) is 0. The Morgan fingerprint density at radius 2 is 0.771 bits per heavy atom. The van der Waals surface area contributed by atoms with Crippen molar-refractivity contribution in [3.8, 4) is 0 Å². The number of rotatable bonds is 6. The summed E-state index contributed by atoms with van der Waals surface area (Å²) in [7, 11) is -15.7. The third-order valence-electron chi connectivity index (χ3n) is 5.75. The molecule has 0 aliphatic rings. The lowest BCUT2D eigenvalue weighted by Crippen LogP contribution is -2.87. The van der Waals surface area contributed by atoms with Crippen molar-refractivity contribution in [1.82, 2.24) is 0 Å². The van der Waals surface area contributed by atoms with Crippen molar-refractivity contribution in [1.29, 1.82) is 0 Å². The van der Waals surface area contributed by atoms with Gasteiger partial charge in [0.1, 0.15) is 0 Å². The average molecular weight is 588 g/mol. The lowest BCUT2D eigenvalue weighted by atomic mass is 10.2. The summed E-state index contributed by atoms with van der Waals surface area (Å²) in [6.07, 6.45) is -23.4. The minimum atomic E-state index is -10.0. The Hall–Kier alpha value is -0.933. The van der Waals surface area contributed by atoms with Crippen molar-refractivity contribution in [2.24, 2.45) is 0 Å². The third-order valence-corrected chi connectivity index (χ3v) is 18.8. The molecule has 0 aromatic heterocycles. The SMILES string of the molecule is CC(C)(C)[P+](C[Si](C(F)(F)C(F)(F)F)(C(F)(F)C(F)(F)F)C(F)(F)C(F)(F)F)(C(=O)[O-])C(C)(C)C.